The molecule has 1 saturated heterocycles. The highest BCUT2D eigenvalue weighted by atomic mass is 32.1. The van der Waals surface area contributed by atoms with Gasteiger partial charge in [-0.25, -0.2) is 4.79 Å². The van der Waals surface area contributed by atoms with Gasteiger partial charge in [0.05, 0.1) is 12.7 Å². The normalized spacial score (nSPS) is 21.6. The molecule has 2 amide bonds. The van der Waals surface area contributed by atoms with Crippen molar-refractivity contribution in [2.75, 3.05) is 52.4 Å². The van der Waals surface area contributed by atoms with Crippen LogP contribution in [0.5, 0.6) is 0 Å². The molecule has 2 N–H and O–H groups in total. The third kappa shape index (κ3) is 5.94. The molecule has 0 aliphatic carbocycles. The quantitative estimate of drug-likeness (QED) is 0.757. The lowest BCUT2D eigenvalue weighted by Crippen LogP contribution is -2.50. The van der Waals surface area contributed by atoms with Gasteiger partial charge < -0.3 is 15.4 Å². The highest BCUT2D eigenvalue weighted by Crippen LogP contribution is 2.23. The smallest absolute Gasteiger partial charge is 0.314 e. The van der Waals surface area contributed by atoms with Crippen molar-refractivity contribution in [1.82, 2.24) is 20.4 Å². The Morgan fingerprint density at radius 3 is 3.08 bits per heavy atom. The van der Waals surface area contributed by atoms with Gasteiger partial charge in [0.2, 0.25) is 0 Å². The number of morpholine rings is 1. The van der Waals surface area contributed by atoms with Crippen molar-refractivity contribution in [3.05, 3.63) is 21.9 Å². The number of carbonyl (C=O) groups excluding carboxylic acids is 1. The van der Waals surface area contributed by atoms with Crippen LogP contribution in [-0.2, 0) is 17.7 Å². The van der Waals surface area contributed by atoms with Crippen molar-refractivity contribution < 1.29 is 9.53 Å². The predicted molar refractivity (Wildman–Crippen MR) is 106 cm³/mol. The third-order valence-corrected chi connectivity index (χ3v) is 5.96. The van der Waals surface area contributed by atoms with E-state index in [2.05, 4.69) is 45.7 Å². The molecule has 1 aromatic heterocycles. The Hall–Kier alpha value is -1.15. The van der Waals surface area contributed by atoms with E-state index in [0.717, 1.165) is 52.3 Å². The van der Waals surface area contributed by atoms with E-state index in [0.29, 0.717) is 19.0 Å². The standard InChI is InChI=1S/C19H32N4O2S/c1-15(2)12-23-8-9-25-17(14-23)11-21-19(24)20-5-7-22-6-3-18-16(13-22)4-10-26-18/h4,10,15,17H,3,5-9,11-14H2,1-2H3,(H2,20,21,24). The highest BCUT2D eigenvalue weighted by Gasteiger charge is 2.21. The van der Waals surface area contributed by atoms with Crippen molar-refractivity contribution in [2.45, 2.75) is 32.9 Å². The summed E-state index contributed by atoms with van der Waals surface area (Å²) in [5, 5.41) is 8.11. The number of ether oxygens (including phenoxy) is 1. The predicted octanol–water partition coefficient (Wildman–Crippen LogP) is 1.76. The Balaban J connectivity index is 1.29. The number of fused-ring (bicyclic) bond motifs is 1. The van der Waals surface area contributed by atoms with Gasteiger partial charge >= 0.3 is 6.03 Å². The molecule has 1 atom stereocenters. The summed E-state index contributed by atoms with van der Waals surface area (Å²) in [6, 6.07) is 2.13. The van der Waals surface area contributed by atoms with Crippen LogP contribution in [0.15, 0.2) is 11.4 Å². The second-order valence-electron chi connectivity index (χ2n) is 7.68. The number of hydrogen-bond donors (Lipinski definition) is 2. The lowest BCUT2D eigenvalue weighted by Gasteiger charge is -2.34. The molecule has 7 heteroatoms. The van der Waals surface area contributed by atoms with E-state index in [1.165, 1.54) is 10.4 Å². The average Bonchev–Trinajstić information content (AvgIpc) is 3.07. The molecule has 2 aliphatic heterocycles. The number of nitrogens with one attached hydrogen (secondary N) is 2. The van der Waals surface area contributed by atoms with Crippen LogP contribution >= 0.6 is 11.3 Å². The summed E-state index contributed by atoms with van der Waals surface area (Å²) < 4.78 is 5.77. The first-order valence-electron chi connectivity index (χ1n) is 9.73. The summed E-state index contributed by atoms with van der Waals surface area (Å²) in [4.78, 5) is 18.4. The van der Waals surface area contributed by atoms with Gasteiger partial charge in [-0.3, -0.25) is 9.80 Å². The number of carbonyl (C=O) groups is 1. The SMILES string of the molecule is CC(C)CN1CCOC(CNC(=O)NCCN2CCc3sccc3C2)C1. The Morgan fingerprint density at radius 1 is 1.35 bits per heavy atom. The first kappa shape index (κ1) is 19.6. The van der Waals surface area contributed by atoms with Crippen LogP contribution in [0.3, 0.4) is 0 Å². The summed E-state index contributed by atoms with van der Waals surface area (Å²) >= 11 is 1.86. The molecular weight excluding hydrogens is 348 g/mol. The van der Waals surface area contributed by atoms with Crippen LogP contribution in [0.4, 0.5) is 4.79 Å². The van der Waals surface area contributed by atoms with Crippen molar-refractivity contribution in [3.63, 3.8) is 0 Å². The fourth-order valence-corrected chi connectivity index (χ4v) is 4.57. The van der Waals surface area contributed by atoms with Crippen molar-refractivity contribution in [3.8, 4) is 0 Å². The second-order valence-corrected chi connectivity index (χ2v) is 8.68. The van der Waals surface area contributed by atoms with Crippen LogP contribution in [0.25, 0.3) is 0 Å². The van der Waals surface area contributed by atoms with E-state index in [4.69, 9.17) is 4.74 Å². The minimum atomic E-state index is -0.0946. The number of hydrogen-bond acceptors (Lipinski definition) is 5. The maximum Gasteiger partial charge on any atom is 0.314 e. The molecular formula is C19H32N4O2S. The molecule has 0 radical (unpaired) electrons. The highest BCUT2D eigenvalue weighted by molar-refractivity contribution is 7.10. The second kappa shape index (κ2) is 9.69. The first-order valence-corrected chi connectivity index (χ1v) is 10.6. The summed E-state index contributed by atoms with van der Waals surface area (Å²) in [7, 11) is 0. The van der Waals surface area contributed by atoms with Gasteiger partial charge in [0, 0.05) is 57.2 Å². The molecule has 0 saturated carbocycles. The molecule has 3 heterocycles. The van der Waals surface area contributed by atoms with Crippen LogP contribution < -0.4 is 10.6 Å². The van der Waals surface area contributed by atoms with Crippen molar-refractivity contribution in [1.29, 1.82) is 0 Å². The fraction of sp³-hybridized carbons (Fsp3) is 0.737. The van der Waals surface area contributed by atoms with Gasteiger partial charge in [-0.2, -0.15) is 0 Å². The molecule has 6 nitrogen and oxygen atoms in total. The summed E-state index contributed by atoms with van der Waals surface area (Å²) in [6.07, 6.45) is 1.22. The van der Waals surface area contributed by atoms with Gasteiger partial charge in [0.25, 0.3) is 0 Å². The zero-order chi connectivity index (χ0) is 18.4. The van der Waals surface area contributed by atoms with Gasteiger partial charge in [0.15, 0.2) is 0 Å². The lowest BCUT2D eigenvalue weighted by atomic mass is 10.1. The molecule has 3 rings (SSSR count). The van der Waals surface area contributed by atoms with Gasteiger partial charge in [0.1, 0.15) is 0 Å². The Labute approximate surface area is 160 Å². The van der Waals surface area contributed by atoms with E-state index in [1.807, 2.05) is 11.3 Å². The molecule has 2 aliphatic rings. The largest absolute Gasteiger partial charge is 0.374 e. The first-order chi connectivity index (χ1) is 12.6. The number of thiophene rings is 1. The zero-order valence-electron chi connectivity index (χ0n) is 16.0. The van der Waals surface area contributed by atoms with Gasteiger partial charge in [-0.05, 0) is 29.3 Å². The Kier molecular flexibility index (Phi) is 7.31. The molecule has 1 unspecified atom stereocenters. The fourth-order valence-electron chi connectivity index (χ4n) is 3.68. The zero-order valence-corrected chi connectivity index (χ0v) is 16.8. The van der Waals surface area contributed by atoms with Crippen molar-refractivity contribution >= 4 is 17.4 Å². The van der Waals surface area contributed by atoms with Gasteiger partial charge in [-0.15, -0.1) is 11.3 Å². The average molecular weight is 381 g/mol. The van der Waals surface area contributed by atoms with Crippen molar-refractivity contribution in [2.24, 2.45) is 5.92 Å². The topological polar surface area (TPSA) is 56.8 Å². The maximum absolute atomic E-state index is 12.0. The monoisotopic (exact) mass is 380 g/mol. The number of nitrogens with zero attached hydrogens (tertiary/aromatic N) is 2. The van der Waals surface area contributed by atoms with Crippen LogP contribution in [0, 0.1) is 5.92 Å². The number of amides is 2. The van der Waals surface area contributed by atoms with Gasteiger partial charge in [-0.1, -0.05) is 13.8 Å². The minimum absolute atomic E-state index is 0.0901. The summed E-state index contributed by atoms with van der Waals surface area (Å²) in [5.41, 5.74) is 1.45. The minimum Gasteiger partial charge on any atom is -0.374 e. The molecule has 1 aromatic rings. The number of rotatable bonds is 7. The van der Waals surface area contributed by atoms with E-state index in [9.17, 15) is 4.79 Å². The van der Waals surface area contributed by atoms with E-state index < -0.39 is 0 Å². The molecule has 0 spiro atoms. The van der Waals surface area contributed by atoms with E-state index >= 15 is 0 Å². The van der Waals surface area contributed by atoms with E-state index in [-0.39, 0.29) is 12.1 Å². The molecule has 1 fully saturated rings. The molecule has 0 bridgehead atoms. The van der Waals surface area contributed by atoms with Crippen LogP contribution in [0.1, 0.15) is 24.3 Å². The molecule has 0 aromatic carbocycles. The maximum atomic E-state index is 12.0. The number of urea groups is 1. The third-order valence-electron chi connectivity index (χ3n) is 4.94. The van der Waals surface area contributed by atoms with E-state index in [1.54, 1.807) is 0 Å². The Bertz CT molecular complexity index is 578. The summed E-state index contributed by atoms with van der Waals surface area (Å²) in [5.74, 6) is 0.657. The molecule has 26 heavy (non-hydrogen) atoms. The summed E-state index contributed by atoms with van der Waals surface area (Å²) in [6.45, 7) is 12.4. The van der Waals surface area contributed by atoms with Crippen LogP contribution in [0.2, 0.25) is 0 Å². The lowest BCUT2D eigenvalue weighted by molar-refractivity contribution is -0.0290. The van der Waals surface area contributed by atoms with Crippen LogP contribution in [-0.4, -0.2) is 74.4 Å². The molecule has 146 valence electrons. The Morgan fingerprint density at radius 2 is 2.23 bits per heavy atom.